The molecule has 0 saturated heterocycles. The minimum Gasteiger partial charge on any atom is -0.483 e. The summed E-state index contributed by atoms with van der Waals surface area (Å²) in [6.45, 7) is 6.65. The van der Waals surface area contributed by atoms with Crippen LogP contribution < -0.4 is 4.74 Å². The van der Waals surface area contributed by atoms with Crippen molar-refractivity contribution < 1.29 is 9.84 Å². The first kappa shape index (κ1) is 13.9. The van der Waals surface area contributed by atoms with E-state index in [1.54, 1.807) is 0 Å². The first-order valence-corrected chi connectivity index (χ1v) is 8.23. The van der Waals surface area contributed by atoms with Gasteiger partial charge in [-0.15, -0.1) is 0 Å². The van der Waals surface area contributed by atoms with E-state index >= 15 is 0 Å². The SMILES string of the molecule is Cc1c(Br)cc2c(c1Br)O[C@@]1(CO)CC[C@]2(C)[C@@H]1C. The van der Waals surface area contributed by atoms with E-state index in [-0.39, 0.29) is 12.0 Å². The van der Waals surface area contributed by atoms with Crippen molar-refractivity contribution in [2.24, 2.45) is 5.92 Å². The quantitative estimate of drug-likeness (QED) is 0.774. The van der Waals surface area contributed by atoms with Crippen molar-refractivity contribution in [3.8, 4) is 5.75 Å². The summed E-state index contributed by atoms with van der Waals surface area (Å²) in [5.74, 6) is 1.24. The zero-order valence-electron chi connectivity index (χ0n) is 11.4. The van der Waals surface area contributed by atoms with Crippen molar-refractivity contribution in [2.45, 2.75) is 44.6 Å². The minimum absolute atomic E-state index is 0.0784. The molecule has 2 bridgehead atoms. The Morgan fingerprint density at radius 3 is 2.74 bits per heavy atom. The molecule has 1 saturated carbocycles. The average Bonchev–Trinajstić information content (AvgIpc) is 2.57. The molecule has 1 fully saturated rings. The molecule has 1 aliphatic carbocycles. The number of hydrogen-bond acceptors (Lipinski definition) is 2. The van der Waals surface area contributed by atoms with Crippen LogP contribution in [0, 0.1) is 12.8 Å². The third kappa shape index (κ3) is 1.63. The van der Waals surface area contributed by atoms with Crippen molar-refractivity contribution in [3.05, 3.63) is 26.1 Å². The van der Waals surface area contributed by atoms with Gasteiger partial charge in [0, 0.05) is 21.4 Å². The van der Waals surface area contributed by atoms with Crippen LogP contribution in [0.4, 0.5) is 0 Å². The van der Waals surface area contributed by atoms with Gasteiger partial charge in [0.25, 0.3) is 0 Å². The molecule has 1 aliphatic heterocycles. The Bertz CT molecular complexity index is 558. The van der Waals surface area contributed by atoms with E-state index in [4.69, 9.17) is 4.74 Å². The Labute approximate surface area is 130 Å². The molecule has 1 aromatic carbocycles. The number of halogens is 2. The molecule has 0 aromatic heterocycles. The number of hydrogen-bond donors (Lipinski definition) is 1. The summed E-state index contributed by atoms with van der Waals surface area (Å²) in [5.41, 5.74) is 2.06. The van der Waals surface area contributed by atoms with E-state index < -0.39 is 5.60 Å². The first-order valence-electron chi connectivity index (χ1n) is 6.65. The van der Waals surface area contributed by atoms with E-state index in [0.29, 0.717) is 5.92 Å². The molecular weight excluding hydrogens is 372 g/mol. The topological polar surface area (TPSA) is 29.5 Å². The Morgan fingerprint density at radius 2 is 2.11 bits per heavy atom. The molecule has 0 radical (unpaired) electrons. The van der Waals surface area contributed by atoms with Gasteiger partial charge >= 0.3 is 0 Å². The van der Waals surface area contributed by atoms with E-state index in [2.05, 4.69) is 58.7 Å². The van der Waals surface area contributed by atoms with Crippen molar-refractivity contribution in [1.29, 1.82) is 0 Å². The van der Waals surface area contributed by atoms with Gasteiger partial charge in [-0.05, 0) is 47.3 Å². The lowest BCUT2D eigenvalue weighted by Gasteiger charge is -2.45. The van der Waals surface area contributed by atoms with Gasteiger partial charge in [0.15, 0.2) is 0 Å². The molecule has 4 heteroatoms. The molecule has 1 N–H and O–H groups in total. The maximum Gasteiger partial charge on any atom is 0.138 e. The van der Waals surface area contributed by atoms with E-state index in [1.165, 1.54) is 5.56 Å². The molecule has 19 heavy (non-hydrogen) atoms. The third-order valence-corrected chi connectivity index (χ3v) is 7.18. The molecule has 104 valence electrons. The number of ether oxygens (including phenoxy) is 1. The van der Waals surface area contributed by atoms with Crippen LogP contribution in [0.1, 0.15) is 37.8 Å². The lowest BCUT2D eigenvalue weighted by Crippen LogP contribution is -2.50. The Balaban J connectivity index is 2.29. The molecular formula is C15H18Br2O2. The fourth-order valence-electron chi connectivity index (χ4n) is 3.66. The van der Waals surface area contributed by atoms with Crippen LogP contribution in [0.5, 0.6) is 5.75 Å². The highest BCUT2D eigenvalue weighted by molar-refractivity contribution is 9.11. The Hall–Kier alpha value is -0.0600. The number of aliphatic hydroxyl groups excluding tert-OH is 1. The second-order valence-electron chi connectivity index (χ2n) is 6.14. The standard InChI is InChI=1S/C15H18Br2O2/c1-8-11(16)6-10-13(12(8)17)19-15(7-18)5-4-14(10,3)9(15)2/h6,9,18H,4-5,7H2,1-3H3/t9-,14+,15+/m0/s1. The summed E-state index contributed by atoms with van der Waals surface area (Å²) in [4.78, 5) is 0. The van der Waals surface area contributed by atoms with Crippen LogP contribution in [0.15, 0.2) is 15.0 Å². The number of benzene rings is 1. The van der Waals surface area contributed by atoms with Gasteiger partial charge in [0.1, 0.15) is 11.4 Å². The maximum atomic E-state index is 9.84. The second kappa shape index (κ2) is 4.22. The van der Waals surface area contributed by atoms with Crippen molar-refractivity contribution in [3.63, 3.8) is 0 Å². The maximum absolute atomic E-state index is 9.84. The van der Waals surface area contributed by atoms with Gasteiger partial charge in [0.05, 0.1) is 11.1 Å². The largest absolute Gasteiger partial charge is 0.483 e. The van der Waals surface area contributed by atoms with Gasteiger partial charge in [-0.1, -0.05) is 29.8 Å². The Kier molecular flexibility index (Phi) is 3.09. The zero-order valence-corrected chi connectivity index (χ0v) is 14.6. The van der Waals surface area contributed by atoms with E-state index in [1.807, 2.05) is 0 Å². The number of aliphatic hydroxyl groups is 1. The van der Waals surface area contributed by atoms with Gasteiger partial charge < -0.3 is 9.84 Å². The predicted molar refractivity (Wildman–Crippen MR) is 82.8 cm³/mol. The van der Waals surface area contributed by atoms with E-state index in [0.717, 1.165) is 33.1 Å². The minimum atomic E-state index is -0.412. The summed E-state index contributed by atoms with van der Waals surface area (Å²) in [6.07, 6.45) is 1.97. The molecule has 1 heterocycles. The summed E-state index contributed by atoms with van der Waals surface area (Å²) in [6, 6.07) is 2.19. The number of rotatable bonds is 1. The first-order chi connectivity index (χ1) is 8.85. The van der Waals surface area contributed by atoms with Gasteiger partial charge in [-0.2, -0.15) is 0 Å². The Morgan fingerprint density at radius 1 is 1.42 bits per heavy atom. The van der Waals surface area contributed by atoms with Crippen molar-refractivity contribution in [2.75, 3.05) is 6.61 Å². The highest BCUT2D eigenvalue weighted by Gasteiger charge is 2.59. The van der Waals surface area contributed by atoms with Crippen LogP contribution >= 0.6 is 31.9 Å². The monoisotopic (exact) mass is 388 g/mol. The van der Waals surface area contributed by atoms with Crippen LogP contribution in [0.2, 0.25) is 0 Å². The summed E-state index contributed by atoms with van der Waals surface area (Å²) >= 11 is 7.30. The molecule has 2 aliphatic rings. The molecule has 0 amide bonds. The molecule has 3 rings (SSSR count). The zero-order chi connectivity index (χ0) is 14.0. The molecule has 2 nitrogen and oxygen atoms in total. The lowest BCUT2D eigenvalue weighted by molar-refractivity contribution is -0.0401. The number of fused-ring (bicyclic) bond motifs is 4. The predicted octanol–water partition coefficient (Wildman–Crippen LogP) is 4.33. The fourth-order valence-corrected chi connectivity index (χ4v) is 4.86. The van der Waals surface area contributed by atoms with Crippen molar-refractivity contribution in [1.82, 2.24) is 0 Å². The van der Waals surface area contributed by atoms with Crippen LogP contribution in [-0.2, 0) is 5.41 Å². The normalized spacial score (nSPS) is 36.0. The summed E-state index contributed by atoms with van der Waals surface area (Å²) in [7, 11) is 0. The smallest absolute Gasteiger partial charge is 0.138 e. The van der Waals surface area contributed by atoms with Gasteiger partial charge in [0.2, 0.25) is 0 Å². The van der Waals surface area contributed by atoms with Gasteiger partial charge in [-0.3, -0.25) is 0 Å². The van der Waals surface area contributed by atoms with Crippen LogP contribution in [0.25, 0.3) is 0 Å². The molecule has 0 spiro atoms. The fraction of sp³-hybridized carbons (Fsp3) is 0.600. The molecule has 0 unspecified atom stereocenters. The highest BCUT2D eigenvalue weighted by atomic mass is 79.9. The molecule has 3 atom stereocenters. The lowest BCUT2D eigenvalue weighted by atomic mass is 9.69. The summed E-state index contributed by atoms with van der Waals surface area (Å²) in [5, 5.41) is 9.84. The second-order valence-corrected chi connectivity index (χ2v) is 7.79. The average molecular weight is 390 g/mol. The van der Waals surface area contributed by atoms with E-state index in [9.17, 15) is 5.11 Å². The molecule has 1 aromatic rings. The third-order valence-electron chi connectivity index (χ3n) is 5.40. The van der Waals surface area contributed by atoms with Crippen molar-refractivity contribution >= 4 is 31.9 Å². The summed E-state index contributed by atoms with van der Waals surface area (Å²) < 4.78 is 8.40. The van der Waals surface area contributed by atoms with Crippen LogP contribution in [-0.4, -0.2) is 17.3 Å². The van der Waals surface area contributed by atoms with Crippen LogP contribution in [0.3, 0.4) is 0 Å². The van der Waals surface area contributed by atoms with Gasteiger partial charge in [-0.25, -0.2) is 0 Å². The highest BCUT2D eigenvalue weighted by Crippen LogP contribution is 2.60.